The average molecular weight is 306 g/mol. The van der Waals surface area contributed by atoms with Crippen molar-refractivity contribution in [2.45, 2.75) is 39.3 Å². The number of hydrogen-bond acceptors (Lipinski definition) is 5. The van der Waals surface area contributed by atoms with Gasteiger partial charge in [0.2, 0.25) is 0 Å². The number of methoxy groups -OCH3 is 1. The molecule has 5 heteroatoms. The summed E-state index contributed by atoms with van der Waals surface area (Å²) in [4.78, 5) is 4.50. The maximum absolute atomic E-state index is 5.87. The molecule has 4 nitrogen and oxygen atoms in total. The van der Waals surface area contributed by atoms with Crippen molar-refractivity contribution in [2.24, 2.45) is 5.73 Å². The number of benzene rings is 1. The van der Waals surface area contributed by atoms with Crippen LogP contribution in [0.15, 0.2) is 23.6 Å². The van der Waals surface area contributed by atoms with Gasteiger partial charge in [-0.25, -0.2) is 4.98 Å². The van der Waals surface area contributed by atoms with Crippen LogP contribution in [0, 0.1) is 0 Å². The van der Waals surface area contributed by atoms with Crippen molar-refractivity contribution in [3.63, 3.8) is 0 Å². The minimum atomic E-state index is 0.122. The van der Waals surface area contributed by atoms with Gasteiger partial charge in [-0.15, -0.1) is 11.3 Å². The van der Waals surface area contributed by atoms with E-state index >= 15 is 0 Å². The smallest absolute Gasteiger partial charge is 0.162 e. The third kappa shape index (κ3) is 4.44. The Kier molecular flexibility index (Phi) is 5.59. The van der Waals surface area contributed by atoms with Gasteiger partial charge < -0.3 is 15.2 Å². The highest BCUT2D eigenvalue weighted by Crippen LogP contribution is 2.29. The quantitative estimate of drug-likeness (QED) is 0.853. The van der Waals surface area contributed by atoms with E-state index in [2.05, 4.69) is 11.9 Å². The van der Waals surface area contributed by atoms with Gasteiger partial charge in [-0.2, -0.15) is 0 Å². The van der Waals surface area contributed by atoms with Crippen LogP contribution in [-0.2, 0) is 19.4 Å². The van der Waals surface area contributed by atoms with Crippen LogP contribution in [0.5, 0.6) is 11.5 Å². The van der Waals surface area contributed by atoms with Gasteiger partial charge in [-0.3, -0.25) is 0 Å². The number of nitrogens with two attached hydrogens (primary N) is 1. The molecule has 0 aliphatic heterocycles. The molecule has 1 heterocycles. The zero-order valence-corrected chi connectivity index (χ0v) is 13.6. The molecule has 0 aliphatic rings. The first-order chi connectivity index (χ1) is 10.1. The van der Waals surface area contributed by atoms with Gasteiger partial charge in [0.25, 0.3) is 0 Å². The fourth-order valence-electron chi connectivity index (χ4n) is 2.06. The molecule has 0 spiro atoms. The minimum Gasteiger partial charge on any atom is -0.493 e. The largest absolute Gasteiger partial charge is 0.493 e. The second-order valence-corrected chi connectivity index (χ2v) is 5.98. The lowest BCUT2D eigenvalue weighted by molar-refractivity contribution is 0.281. The summed E-state index contributed by atoms with van der Waals surface area (Å²) in [5.74, 6) is 1.47. The van der Waals surface area contributed by atoms with Crippen molar-refractivity contribution in [2.75, 3.05) is 7.11 Å². The summed E-state index contributed by atoms with van der Waals surface area (Å²) >= 11 is 1.67. The molecule has 21 heavy (non-hydrogen) atoms. The van der Waals surface area contributed by atoms with Crippen molar-refractivity contribution >= 4 is 11.3 Å². The highest BCUT2D eigenvalue weighted by molar-refractivity contribution is 7.09. The molecule has 1 aromatic carbocycles. The first kappa shape index (κ1) is 15.8. The molecule has 0 saturated heterocycles. The van der Waals surface area contributed by atoms with Crippen molar-refractivity contribution in [1.29, 1.82) is 0 Å². The zero-order chi connectivity index (χ0) is 15.2. The topological polar surface area (TPSA) is 57.4 Å². The molecule has 2 N–H and O–H groups in total. The lowest BCUT2D eigenvalue weighted by Gasteiger charge is -2.12. The standard InChI is InChI=1S/C16H22N2O2S/c1-4-16-18-13(10-21-16)9-20-15-8-12(7-11(2)17)5-6-14(15)19-3/h5-6,8,10-11H,4,7,9,17H2,1-3H3. The average Bonchev–Trinajstić information content (AvgIpc) is 2.92. The third-order valence-electron chi connectivity index (χ3n) is 3.06. The van der Waals surface area contributed by atoms with Crippen LogP contribution in [0.25, 0.3) is 0 Å². The monoisotopic (exact) mass is 306 g/mol. The zero-order valence-electron chi connectivity index (χ0n) is 12.8. The summed E-state index contributed by atoms with van der Waals surface area (Å²) in [5.41, 5.74) is 7.95. The molecule has 0 fully saturated rings. The molecule has 0 aliphatic carbocycles. The summed E-state index contributed by atoms with van der Waals surface area (Å²) in [6, 6.07) is 6.06. The molecule has 0 bridgehead atoms. The molecule has 0 amide bonds. The molecule has 0 saturated carbocycles. The van der Waals surface area contributed by atoms with Gasteiger partial charge >= 0.3 is 0 Å². The van der Waals surface area contributed by atoms with Crippen LogP contribution in [0.4, 0.5) is 0 Å². The molecule has 0 radical (unpaired) electrons. The van der Waals surface area contributed by atoms with Gasteiger partial charge in [-0.05, 0) is 37.5 Å². The molecule has 1 atom stereocenters. The van der Waals surface area contributed by atoms with E-state index in [0.717, 1.165) is 40.6 Å². The maximum atomic E-state index is 5.87. The van der Waals surface area contributed by atoms with Crippen LogP contribution >= 0.6 is 11.3 Å². The third-order valence-corrected chi connectivity index (χ3v) is 4.10. The number of rotatable bonds is 7. The summed E-state index contributed by atoms with van der Waals surface area (Å²) < 4.78 is 11.2. The van der Waals surface area contributed by atoms with E-state index in [9.17, 15) is 0 Å². The van der Waals surface area contributed by atoms with Crippen LogP contribution in [0.1, 0.15) is 30.1 Å². The second-order valence-electron chi connectivity index (χ2n) is 5.04. The van der Waals surface area contributed by atoms with E-state index in [4.69, 9.17) is 15.2 Å². The number of aryl methyl sites for hydroxylation is 1. The summed E-state index contributed by atoms with van der Waals surface area (Å²) in [7, 11) is 1.64. The fourth-order valence-corrected chi connectivity index (χ4v) is 2.79. The number of hydrogen-bond donors (Lipinski definition) is 1. The van der Waals surface area contributed by atoms with E-state index in [0.29, 0.717) is 6.61 Å². The Bertz CT molecular complexity index is 581. The van der Waals surface area contributed by atoms with E-state index in [1.807, 2.05) is 30.5 Å². The molecular weight excluding hydrogens is 284 g/mol. The number of aromatic nitrogens is 1. The van der Waals surface area contributed by atoms with Crippen LogP contribution < -0.4 is 15.2 Å². The van der Waals surface area contributed by atoms with Crippen molar-refractivity contribution in [1.82, 2.24) is 4.98 Å². The highest BCUT2D eigenvalue weighted by atomic mass is 32.1. The van der Waals surface area contributed by atoms with E-state index in [1.165, 1.54) is 0 Å². The molecule has 2 rings (SSSR count). The molecule has 114 valence electrons. The highest BCUT2D eigenvalue weighted by Gasteiger charge is 2.09. The van der Waals surface area contributed by atoms with Gasteiger partial charge in [0.1, 0.15) is 6.61 Å². The first-order valence-corrected chi connectivity index (χ1v) is 7.99. The predicted molar refractivity (Wildman–Crippen MR) is 86.2 cm³/mol. The normalized spacial score (nSPS) is 12.2. The Morgan fingerprint density at radius 1 is 1.33 bits per heavy atom. The first-order valence-electron chi connectivity index (χ1n) is 7.11. The Morgan fingerprint density at radius 3 is 2.76 bits per heavy atom. The van der Waals surface area contributed by atoms with Gasteiger partial charge in [0.15, 0.2) is 11.5 Å². The van der Waals surface area contributed by atoms with Crippen LogP contribution in [0.3, 0.4) is 0 Å². The maximum Gasteiger partial charge on any atom is 0.162 e. The number of thiazole rings is 1. The Morgan fingerprint density at radius 2 is 2.14 bits per heavy atom. The Balaban J connectivity index is 2.09. The van der Waals surface area contributed by atoms with Gasteiger partial charge in [0, 0.05) is 11.4 Å². The van der Waals surface area contributed by atoms with Crippen LogP contribution in [-0.4, -0.2) is 18.1 Å². The summed E-state index contributed by atoms with van der Waals surface area (Å²) in [6.07, 6.45) is 1.77. The number of ether oxygens (including phenoxy) is 2. The minimum absolute atomic E-state index is 0.122. The Hall–Kier alpha value is -1.59. The SMILES string of the molecule is CCc1nc(COc2cc(CC(C)N)ccc2OC)cs1. The Labute approximate surface area is 129 Å². The lowest BCUT2D eigenvalue weighted by atomic mass is 10.1. The molecule has 1 unspecified atom stereocenters. The summed E-state index contributed by atoms with van der Waals surface area (Å²) in [5, 5.41) is 3.17. The van der Waals surface area contributed by atoms with Crippen molar-refractivity contribution in [3.8, 4) is 11.5 Å². The van der Waals surface area contributed by atoms with E-state index in [1.54, 1.807) is 18.4 Å². The molecular formula is C16H22N2O2S. The van der Waals surface area contributed by atoms with E-state index < -0.39 is 0 Å². The van der Waals surface area contributed by atoms with Gasteiger partial charge in [-0.1, -0.05) is 13.0 Å². The van der Waals surface area contributed by atoms with Crippen LogP contribution in [0.2, 0.25) is 0 Å². The van der Waals surface area contributed by atoms with E-state index in [-0.39, 0.29) is 6.04 Å². The second kappa shape index (κ2) is 7.43. The fraction of sp³-hybridized carbons (Fsp3) is 0.438. The van der Waals surface area contributed by atoms with Gasteiger partial charge in [0.05, 0.1) is 17.8 Å². The molecule has 1 aromatic heterocycles. The van der Waals surface area contributed by atoms with Crippen molar-refractivity contribution in [3.05, 3.63) is 39.8 Å². The summed E-state index contributed by atoms with van der Waals surface area (Å²) in [6.45, 7) is 4.55. The predicted octanol–water partition coefficient (Wildman–Crippen LogP) is 3.18. The number of nitrogens with zero attached hydrogens (tertiary/aromatic N) is 1. The lowest BCUT2D eigenvalue weighted by Crippen LogP contribution is -2.17. The van der Waals surface area contributed by atoms with Crippen molar-refractivity contribution < 1.29 is 9.47 Å². The molecule has 2 aromatic rings.